The van der Waals surface area contributed by atoms with Crippen LogP contribution < -0.4 is 4.90 Å². The third kappa shape index (κ3) is 5.61. The summed E-state index contributed by atoms with van der Waals surface area (Å²) in [7, 11) is 4.10. The molecule has 4 rings (SSSR count). The van der Waals surface area contributed by atoms with Crippen LogP contribution in [0.2, 0.25) is 0 Å². The molecule has 0 saturated carbocycles. The first-order valence-corrected chi connectivity index (χ1v) is 11.2. The van der Waals surface area contributed by atoms with Crippen LogP contribution in [-0.4, -0.2) is 19.0 Å². The van der Waals surface area contributed by atoms with Gasteiger partial charge in [-0.2, -0.15) is 0 Å². The molecule has 0 aliphatic carbocycles. The van der Waals surface area contributed by atoms with Gasteiger partial charge >= 0.3 is 0 Å². The standard InChI is InChI=1S/C31H30N2/c1-24(28-14-16-30(17-15-28)29-8-6-5-7-9-29)23-33-21-20-27(22-25(33)2)11-10-26-12-18-31(19-13-26)32(3)4/h5-23H,2H2,1,3-4H3/b11-10+,24-23+. The lowest BCUT2D eigenvalue weighted by Gasteiger charge is -2.21. The first-order chi connectivity index (χ1) is 16.0. The third-order valence-electron chi connectivity index (χ3n) is 5.75. The Morgan fingerprint density at radius 1 is 0.818 bits per heavy atom. The van der Waals surface area contributed by atoms with E-state index in [0.717, 1.165) is 11.3 Å². The molecule has 0 N–H and O–H groups in total. The van der Waals surface area contributed by atoms with Gasteiger partial charge in [0.25, 0.3) is 0 Å². The lowest BCUT2D eigenvalue weighted by Crippen LogP contribution is -2.10. The lowest BCUT2D eigenvalue weighted by molar-refractivity contribution is 0.648. The van der Waals surface area contributed by atoms with Gasteiger partial charge in [-0.3, -0.25) is 0 Å². The van der Waals surface area contributed by atoms with E-state index in [0.29, 0.717) is 0 Å². The molecule has 1 aliphatic rings. The van der Waals surface area contributed by atoms with Gasteiger partial charge in [-0.05, 0) is 64.6 Å². The summed E-state index contributed by atoms with van der Waals surface area (Å²) >= 11 is 0. The van der Waals surface area contributed by atoms with E-state index in [2.05, 4.69) is 147 Å². The molecule has 2 heteroatoms. The summed E-state index contributed by atoms with van der Waals surface area (Å²) in [5, 5.41) is 0. The largest absolute Gasteiger partial charge is 0.378 e. The van der Waals surface area contributed by atoms with Crippen molar-refractivity contribution in [1.29, 1.82) is 0 Å². The van der Waals surface area contributed by atoms with Crippen molar-refractivity contribution in [1.82, 2.24) is 4.90 Å². The van der Waals surface area contributed by atoms with E-state index in [-0.39, 0.29) is 0 Å². The van der Waals surface area contributed by atoms with Gasteiger partial charge < -0.3 is 9.80 Å². The molecule has 0 unspecified atom stereocenters. The Morgan fingerprint density at radius 3 is 2.12 bits per heavy atom. The number of anilines is 1. The van der Waals surface area contributed by atoms with Crippen molar-refractivity contribution in [2.75, 3.05) is 19.0 Å². The Bertz CT molecular complexity index is 1220. The summed E-state index contributed by atoms with van der Waals surface area (Å²) in [5.41, 5.74) is 9.30. The number of hydrogen-bond donors (Lipinski definition) is 0. The zero-order chi connectivity index (χ0) is 23.2. The first kappa shape index (κ1) is 22.2. The van der Waals surface area contributed by atoms with Crippen molar-refractivity contribution in [3.63, 3.8) is 0 Å². The molecule has 0 spiro atoms. The van der Waals surface area contributed by atoms with E-state index in [9.17, 15) is 0 Å². The van der Waals surface area contributed by atoms with Crippen LogP contribution in [0.4, 0.5) is 5.69 Å². The summed E-state index contributed by atoms with van der Waals surface area (Å²) in [6.07, 6.45) is 12.7. The molecule has 33 heavy (non-hydrogen) atoms. The highest BCUT2D eigenvalue weighted by Gasteiger charge is 2.07. The number of rotatable bonds is 6. The molecule has 2 nitrogen and oxygen atoms in total. The maximum atomic E-state index is 4.25. The molecule has 0 saturated heterocycles. The van der Waals surface area contributed by atoms with Crippen molar-refractivity contribution in [3.05, 3.63) is 138 Å². The van der Waals surface area contributed by atoms with Crippen molar-refractivity contribution >= 4 is 17.3 Å². The Kier molecular flexibility index (Phi) is 6.75. The van der Waals surface area contributed by atoms with Crippen LogP contribution in [0.25, 0.3) is 22.8 Å². The van der Waals surface area contributed by atoms with Gasteiger partial charge in [0.05, 0.1) is 0 Å². The summed E-state index contributed by atoms with van der Waals surface area (Å²) in [4.78, 5) is 4.18. The Hall–Kier alpha value is -4.04. The summed E-state index contributed by atoms with van der Waals surface area (Å²) in [6, 6.07) is 27.7. The SMILES string of the molecule is C=C1C=C(/C=C/c2ccc(N(C)C)cc2)C=CN1/C=C(\C)c1ccc(-c2ccccc2)cc1. The smallest absolute Gasteiger partial charge is 0.0383 e. The molecule has 1 heterocycles. The Morgan fingerprint density at radius 2 is 1.48 bits per heavy atom. The fraction of sp³-hybridized carbons (Fsp3) is 0.0968. The van der Waals surface area contributed by atoms with Crippen LogP contribution in [0.5, 0.6) is 0 Å². The van der Waals surface area contributed by atoms with Crippen molar-refractivity contribution < 1.29 is 0 Å². The minimum Gasteiger partial charge on any atom is -0.378 e. The van der Waals surface area contributed by atoms with Crippen LogP contribution in [-0.2, 0) is 0 Å². The summed E-state index contributed by atoms with van der Waals surface area (Å²) < 4.78 is 0. The van der Waals surface area contributed by atoms with E-state index < -0.39 is 0 Å². The molecule has 0 fully saturated rings. The summed E-state index contributed by atoms with van der Waals surface area (Å²) in [5.74, 6) is 0. The fourth-order valence-electron chi connectivity index (χ4n) is 3.72. The molecular weight excluding hydrogens is 400 g/mol. The minimum atomic E-state index is 0.945. The van der Waals surface area contributed by atoms with Gasteiger partial charge in [0.15, 0.2) is 0 Å². The van der Waals surface area contributed by atoms with E-state index in [1.165, 1.54) is 33.5 Å². The van der Waals surface area contributed by atoms with Gasteiger partial charge in [-0.15, -0.1) is 0 Å². The van der Waals surface area contributed by atoms with Gasteiger partial charge in [-0.25, -0.2) is 0 Å². The van der Waals surface area contributed by atoms with Gasteiger partial charge in [0.2, 0.25) is 0 Å². The highest BCUT2D eigenvalue weighted by molar-refractivity contribution is 5.70. The molecule has 0 atom stereocenters. The molecule has 0 aromatic heterocycles. The van der Waals surface area contributed by atoms with Gasteiger partial charge in [0, 0.05) is 37.9 Å². The number of allylic oxidation sites excluding steroid dienone is 5. The molecular formula is C31H30N2. The van der Waals surface area contributed by atoms with E-state index in [1.807, 2.05) is 6.07 Å². The van der Waals surface area contributed by atoms with Crippen molar-refractivity contribution in [2.24, 2.45) is 0 Å². The van der Waals surface area contributed by atoms with Crippen LogP contribution in [0.1, 0.15) is 18.1 Å². The monoisotopic (exact) mass is 430 g/mol. The van der Waals surface area contributed by atoms with Crippen LogP contribution in [0.15, 0.2) is 127 Å². The molecule has 0 radical (unpaired) electrons. The van der Waals surface area contributed by atoms with Crippen molar-refractivity contribution in [2.45, 2.75) is 6.92 Å². The van der Waals surface area contributed by atoms with Gasteiger partial charge in [-0.1, -0.05) is 85.5 Å². The summed E-state index contributed by atoms with van der Waals surface area (Å²) in [6.45, 7) is 6.38. The fourth-order valence-corrected chi connectivity index (χ4v) is 3.72. The topological polar surface area (TPSA) is 6.48 Å². The highest BCUT2D eigenvalue weighted by Crippen LogP contribution is 2.25. The minimum absolute atomic E-state index is 0.945. The Labute approximate surface area is 197 Å². The second-order valence-corrected chi connectivity index (χ2v) is 8.43. The maximum absolute atomic E-state index is 4.25. The average molecular weight is 431 g/mol. The van der Waals surface area contributed by atoms with E-state index >= 15 is 0 Å². The lowest BCUT2D eigenvalue weighted by atomic mass is 10.0. The predicted molar refractivity (Wildman–Crippen MR) is 144 cm³/mol. The first-order valence-electron chi connectivity index (χ1n) is 11.2. The zero-order valence-electron chi connectivity index (χ0n) is 19.6. The van der Waals surface area contributed by atoms with Gasteiger partial charge in [0.1, 0.15) is 0 Å². The van der Waals surface area contributed by atoms with E-state index in [1.54, 1.807) is 0 Å². The molecule has 0 amide bonds. The van der Waals surface area contributed by atoms with E-state index in [4.69, 9.17) is 0 Å². The molecule has 3 aromatic rings. The quantitative estimate of drug-likeness (QED) is 0.394. The molecule has 1 aliphatic heterocycles. The van der Waals surface area contributed by atoms with Crippen LogP contribution in [0.3, 0.4) is 0 Å². The molecule has 0 bridgehead atoms. The number of nitrogens with zero attached hydrogens (tertiary/aromatic N) is 2. The second-order valence-electron chi connectivity index (χ2n) is 8.43. The zero-order valence-corrected chi connectivity index (χ0v) is 19.6. The third-order valence-corrected chi connectivity index (χ3v) is 5.75. The highest BCUT2D eigenvalue weighted by atomic mass is 15.1. The Balaban J connectivity index is 1.42. The average Bonchev–Trinajstić information content (AvgIpc) is 2.85. The number of hydrogen-bond acceptors (Lipinski definition) is 2. The number of benzene rings is 3. The van der Waals surface area contributed by atoms with Crippen molar-refractivity contribution in [3.8, 4) is 11.1 Å². The van der Waals surface area contributed by atoms with Crippen LogP contribution >= 0.6 is 0 Å². The second kappa shape index (κ2) is 10.1. The normalized spacial score (nSPS) is 14.0. The predicted octanol–water partition coefficient (Wildman–Crippen LogP) is 7.76. The van der Waals surface area contributed by atoms with Crippen LogP contribution in [0, 0.1) is 0 Å². The molecule has 3 aromatic carbocycles. The molecule has 164 valence electrons. The maximum Gasteiger partial charge on any atom is 0.0383 e.